The highest BCUT2D eigenvalue weighted by Gasteiger charge is 2.09. The van der Waals surface area contributed by atoms with Crippen molar-refractivity contribution in [3.05, 3.63) is 108 Å². The Bertz CT molecular complexity index is 1290. The molecule has 0 aliphatic rings. The van der Waals surface area contributed by atoms with Crippen LogP contribution in [0.25, 0.3) is 44.4 Å². The SMILES string of the molecule is Clc1nc(-c2ccccc2)cc(-c2ccc(-c3cccc4ccccc34)cc2)n1. The van der Waals surface area contributed by atoms with Gasteiger partial charge < -0.3 is 0 Å². The summed E-state index contributed by atoms with van der Waals surface area (Å²) in [5.41, 5.74) is 6.06. The summed E-state index contributed by atoms with van der Waals surface area (Å²) < 4.78 is 0. The van der Waals surface area contributed by atoms with Gasteiger partial charge in [-0.05, 0) is 39.6 Å². The minimum absolute atomic E-state index is 0.250. The van der Waals surface area contributed by atoms with Crippen LogP contribution in [0.5, 0.6) is 0 Å². The van der Waals surface area contributed by atoms with Crippen molar-refractivity contribution in [3.8, 4) is 33.6 Å². The quantitative estimate of drug-likeness (QED) is 0.301. The van der Waals surface area contributed by atoms with Gasteiger partial charge in [-0.25, -0.2) is 9.97 Å². The number of rotatable bonds is 3. The molecule has 0 unspecified atom stereocenters. The van der Waals surface area contributed by atoms with Gasteiger partial charge in [-0.15, -0.1) is 0 Å². The topological polar surface area (TPSA) is 25.8 Å². The first kappa shape index (κ1) is 17.6. The number of halogens is 1. The average molecular weight is 393 g/mol. The zero-order chi connectivity index (χ0) is 19.6. The van der Waals surface area contributed by atoms with E-state index in [1.807, 2.05) is 36.4 Å². The van der Waals surface area contributed by atoms with E-state index in [2.05, 4.69) is 76.7 Å². The van der Waals surface area contributed by atoms with Crippen LogP contribution in [0, 0.1) is 0 Å². The first-order valence-electron chi connectivity index (χ1n) is 9.46. The Morgan fingerprint density at radius 2 is 1.10 bits per heavy atom. The molecule has 0 spiro atoms. The largest absolute Gasteiger partial charge is 0.223 e. The van der Waals surface area contributed by atoms with Gasteiger partial charge in [0, 0.05) is 11.1 Å². The molecule has 0 saturated heterocycles. The zero-order valence-corrected chi connectivity index (χ0v) is 16.3. The van der Waals surface area contributed by atoms with Gasteiger partial charge in [-0.2, -0.15) is 0 Å². The monoisotopic (exact) mass is 392 g/mol. The van der Waals surface area contributed by atoms with Crippen molar-refractivity contribution in [2.45, 2.75) is 0 Å². The summed E-state index contributed by atoms with van der Waals surface area (Å²) in [6.07, 6.45) is 0. The fourth-order valence-electron chi connectivity index (χ4n) is 3.62. The van der Waals surface area contributed by atoms with Crippen LogP contribution in [0.1, 0.15) is 0 Å². The molecule has 3 heteroatoms. The lowest BCUT2D eigenvalue weighted by Crippen LogP contribution is -1.92. The van der Waals surface area contributed by atoms with Crippen LogP contribution in [0.4, 0.5) is 0 Å². The van der Waals surface area contributed by atoms with E-state index in [1.165, 1.54) is 21.9 Å². The molecule has 0 radical (unpaired) electrons. The maximum atomic E-state index is 6.22. The highest BCUT2D eigenvalue weighted by molar-refractivity contribution is 6.28. The standard InChI is InChI=1S/C26H17ClN2/c27-26-28-24(20-8-2-1-3-9-20)17-25(29-26)21-15-13-19(14-16-21)23-12-6-10-18-7-4-5-11-22(18)23/h1-17H. The van der Waals surface area contributed by atoms with Crippen molar-refractivity contribution in [3.63, 3.8) is 0 Å². The molecular formula is C26H17ClN2. The average Bonchev–Trinajstić information content (AvgIpc) is 2.79. The second-order valence-corrected chi connectivity index (χ2v) is 7.22. The lowest BCUT2D eigenvalue weighted by Gasteiger charge is -2.09. The van der Waals surface area contributed by atoms with Crippen molar-refractivity contribution < 1.29 is 0 Å². The van der Waals surface area contributed by atoms with Crippen LogP contribution in [0.2, 0.25) is 5.28 Å². The van der Waals surface area contributed by atoms with Gasteiger partial charge >= 0.3 is 0 Å². The molecule has 0 aliphatic heterocycles. The Morgan fingerprint density at radius 1 is 0.517 bits per heavy atom. The van der Waals surface area contributed by atoms with Crippen molar-refractivity contribution in [1.29, 1.82) is 0 Å². The molecule has 29 heavy (non-hydrogen) atoms. The van der Waals surface area contributed by atoms with E-state index in [4.69, 9.17) is 11.6 Å². The van der Waals surface area contributed by atoms with Crippen molar-refractivity contribution >= 4 is 22.4 Å². The van der Waals surface area contributed by atoms with Gasteiger partial charge in [0.25, 0.3) is 0 Å². The highest BCUT2D eigenvalue weighted by Crippen LogP contribution is 2.31. The number of fused-ring (bicyclic) bond motifs is 1. The Balaban J connectivity index is 1.55. The fourth-order valence-corrected chi connectivity index (χ4v) is 3.80. The van der Waals surface area contributed by atoms with E-state index in [1.54, 1.807) is 0 Å². The van der Waals surface area contributed by atoms with Crippen LogP contribution in [-0.4, -0.2) is 9.97 Å². The van der Waals surface area contributed by atoms with E-state index >= 15 is 0 Å². The normalized spacial score (nSPS) is 10.9. The van der Waals surface area contributed by atoms with Crippen molar-refractivity contribution in [2.24, 2.45) is 0 Å². The smallest absolute Gasteiger partial charge is 0.218 e. The maximum absolute atomic E-state index is 6.22. The lowest BCUT2D eigenvalue weighted by molar-refractivity contribution is 1.18. The number of hydrogen-bond donors (Lipinski definition) is 0. The molecule has 0 atom stereocenters. The molecule has 2 nitrogen and oxygen atoms in total. The second kappa shape index (κ2) is 7.50. The molecule has 5 aromatic rings. The molecule has 0 fully saturated rings. The van der Waals surface area contributed by atoms with E-state index in [9.17, 15) is 0 Å². The minimum atomic E-state index is 0.250. The molecule has 1 aromatic heterocycles. The van der Waals surface area contributed by atoms with Gasteiger partial charge in [0.2, 0.25) is 5.28 Å². The maximum Gasteiger partial charge on any atom is 0.223 e. The van der Waals surface area contributed by atoms with Crippen molar-refractivity contribution in [2.75, 3.05) is 0 Å². The molecular weight excluding hydrogens is 376 g/mol. The van der Waals surface area contributed by atoms with Crippen LogP contribution >= 0.6 is 11.6 Å². The van der Waals surface area contributed by atoms with E-state index < -0.39 is 0 Å². The van der Waals surface area contributed by atoms with Crippen LogP contribution in [0.3, 0.4) is 0 Å². The minimum Gasteiger partial charge on any atom is -0.218 e. The van der Waals surface area contributed by atoms with Gasteiger partial charge in [-0.1, -0.05) is 97.1 Å². The molecule has 138 valence electrons. The van der Waals surface area contributed by atoms with Gasteiger partial charge in [-0.3, -0.25) is 0 Å². The Hall–Kier alpha value is -3.49. The van der Waals surface area contributed by atoms with Crippen LogP contribution < -0.4 is 0 Å². The number of nitrogens with zero attached hydrogens (tertiary/aromatic N) is 2. The molecule has 0 bridgehead atoms. The summed E-state index contributed by atoms with van der Waals surface area (Å²) in [5.74, 6) is 0. The summed E-state index contributed by atoms with van der Waals surface area (Å²) in [4.78, 5) is 8.82. The van der Waals surface area contributed by atoms with E-state index in [0.29, 0.717) is 0 Å². The number of aromatic nitrogens is 2. The summed E-state index contributed by atoms with van der Waals surface area (Å²) in [6, 6.07) is 35.3. The van der Waals surface area contributed by atoms with E-state index in [0.717, 1.165) is 22.5 Å². The first-order chi connectivity index (χ1) is 14.3. The molecule has 5 rings (SSSR count). The number of hydrogen-bond acceptors (Lipinski definition) is 2. The molecule has 4 aromatic carbocycles. The Morgan fingerprint density at radius 3 is 1.86 bits per heavy atom. The third kappa shape index (κ3) is 3.51. The predicted molar refractivity (Wildman–Crippen MR) is 121 cm³/mol. The first-order valence-corrected chi connectivity index (χ1v) is 9.84. The van der Waals surface area contributed by atoms with Gasteiger partial charge in [0.15, 0.2) is 0 Å². The Labute approximate surface area is 174 Å². The molecule has 0 aliphatic carbocycles. The number of benzene rings is 4. The Kier molecular flexibility index (Phi) is 4.55. The molecule has 0 saturated carbocycles. The zero-order valence-electron chi connectivity index (χ0n) is 15.6. The summed E-state index contributed by atoms with van der Waals surface area (Å²) >= 11 is 6.22. The lowest BCUT2D eigenvalue weighted by atomic mass is 9.97. The van der Waals surface area contributed by atoms with Crippen LogP contribution in [0.15, 0.2) is 103 Å². The third-order valence-corrected chi connectivity index (χ3v) is 5.22. The van der Waals surface area contributed by atoms with Gasteiger partial charge in [0.05, 0.1) is 11.4 Å². The molecule has 1 heterocycles. The highest BCUT2D eigenvalue weighted by atomic mass is 35.5. The molecule has 0 N–H and O–H groups in total. The molecule has 0 amide bonds. The van der Waals surface area contributed by atoms with E-state index in [-0.39, 0.29) is 5.28 Å². The third-order valence-electron chi connectivity index (χ3n) is 5.05. The van der Waals surface area contributed by atoms with Crippen LogP contribution in [-0.2, 0) is 0 Å². The fraction of sp³-hybridized carbons (Fsp3) is 0. The predicted octanol–water partition coefficient (Wildman–Crippen LogP) is 7.28. The summed E-state index contributed by atoms with van der Waals surface area (Å²) in [5, 5.41) is 2.74. The van der Waals surface area contributed by atoms with Crippen molar-refractivity contribution in [1.82, 2.24) is 9.97 Å². The second-order valence-electron chi connectivity index (χ2n) is 6.88. The summed E-state index contributed by atoms with van der Waals surface area (Å²) in [6.45, 7) is 0. The summed E-state index contributed by atoms with van der Waals surface area (Å²) in [7, 11) is 0. The van der Waals surface area contributed by atoms with Gasteiger partial charge in [0.1, 0.15) is 0 Å².